The maximum atomic E-state index is 9.35. The van der Waals surface area contributed by atoms with Gasteiger partial charge < -0.3 is 15.5 Å². The van der Waals surface area contributed by atoms with Crippen LogP contribution in [0, 0.1) is 0 Å². The van der Waals surface area contributed by atoms with Crippen molar-refractivity contribution < 1.29 is 10.2 Å². The number of aliphatic hydroxyl groups excluding tert-OH is 2. The van der Waals surface area contributed by atoms with Gasteiger partial charge in [0.1, 0.15) is 0 Å². The summed E-state index contributed by atoms with van der Waals surface area (Å²) in [6.07, 6.45) is 4.76. The van der Waals surface area contributed by atoms with Crippen LogP contribution in [-0.4, -0.2) is 36.0 Å². The van der Waals surface area contributed by atoms with Crippen molar-refractivity contribution in [1.82, 2.24) is 5.32 Å². The first-order chi connectivity index (χ1) is 6.31. The molecule has 0 rings (SSSR count). The monoisotopic (exact) mass is 189 g/mol. The van der Waals surface area contributed by atoms with Gasteiger partial charge in [0.15, 0.2) is 0 Å². The van der Waals surface area contributed by atoms with Gasteiger partial charge in [-0.15, -0.1) is 0 Å². The lowest BCUT2D eigenvalue weighted by atomic mass is 10.2. The first-order valence-electron chi connectivity index (χ1n) is 5.31. The Kier molecular flexibility index (Phi) is 9.87. The van der Waals surface area contributed by atoms with E-state index < -0.39 is 0 Å². The third-order valence-electron chi connectivity index (χ3n) is 2.01. The molecule has 80 valence electrons. The SMILES string of the molecule is CCCC(O)CNCCCCCO. The van der Waals surface area contributed by atoms with E-state index in [1.807, 2.05) is 0 Å². The zero-order valence-corrected chi connectivity index (χ0v) is 8.63. The van der Waals surface area contributed by atoms with Crippen molar-refractivity contribution in [2.75, 3.05) is 19.7 Å². The summed E-state index contributed by atoms with van der Waals surface area (Å²) in [5, 5.41) is 21.1. The zero-order valence-electron chi connectivity index (χ0n) is 8.63. The van der Waals surface area contributed by atoms with Crippen molar-refractivity contribution in [3.8, 4) is 0 Å². The Morgan fingerprint density at radius 1 is 1.23 bits per heavy atom. The van der Waals surface area contributed by atoms with Crippen molar-refractivity contribution in [3.63, 3.8) is 0 Å². The molecule has 0 aliphatic heterocycles. The summed E-state index contributed by atoms with van der Waals surface area (Å²) >= 11 is 0. The van der Waals surface area contributed by atoms with Gasteiger partial charge in [-0.05, 0) is 32.2 Å². The van der Waals surface area contributed by atoms with E-state index in [0.717, 1.165) is 38.6 Å². The lowest BCUT2D eigenvalue weighted by Gasteiger charge is -2.09. The lowest BCUT2D eigenvalue weighted by molar-refractivity contribution is 0.160. The van der Waals surface area contributed by atoms with Crippen molar-refractivity contribution in [3.05, 3.63) is 0 Å². The van der Waals surface area contributed by atoms with Crippen LogP contribution in [0.1, 0.15) is 39.0 Å². The Balaban J connectivity index is 2.97. The molecular weight excluding hydrogens is 166 g/mol. The fourth-order valence-corrected chi connectivity index (χ4v) is 1.24. The van der Waals surface area contributed by atoms with Crippen LogP contribution >= 0.6 is 0 Å². The minimum atomic E-state index is -0.192. The molecule has 0 aliphatic carbocycles. The second kappa shape index (κ2) is 9.96. The predicted octanol–water partition coefficient (Wildman–Crippen LogP) is 0.900. The van der Waals surface area contributed by atoms with Crippen LogP contribution in [-0.2, 0) is 0 Å². The van der Waals surface area contributed by atoms with E-state index in [0.29, 0.717) is 13.2 Å². The van der Waals surface area contributed by atoms with E-state index in [1.165, 1.54) is 0 Å². The molecular formula is C10H23NO2. The fourth-order valence-electron chi connectivity index (χ4n) is 1.24. The number of unbranched alkanes of at least 4 members (excludes halogenated alkanes) is 2. The van der Waals surface area contributed by atoms with Crippen LogP contribution in [0.15, 0.2) is 0 Å². The average molecular weight is 189 g/mol. The molecule has 1 unspecified atom stereocenters. The largest absolute Gasteiger partial charge is 0.396 e. The molecule has 1 atom stereocenters. The standard InChI is InChI=1S/C10H23NO2/c1-2-6-10(13)9-11-7-4-3-5-8-12/h10-13H,2-9H2,1H3. The molecule has 0 bridgehead atoms. The summed E-state index contributed by atoms with van der Waals surface area (Å²) in [6, 6.07) is 0. The quantitative estimate of drug-likeness (QED) is 0.472. The van der Waals surface area contributed by atoms with Crippen LogP contribution in [0.5, 0.6) is 0 Å². The Labute approximate surface area is 81.2 Å². The highest BCUT2D eigenvalue weighted by atomic mass is 16.3. The topological polar surface area (TPSA) is 52.5 Å². The number of rotatable bonds is 9. The maximum absolute atomic E-state index is 9.35. The second-order valence-electron chi connectivity index (χ2n) is 3.43. The molecule has 0 saturated carbocycles. The maximum Gasteiger partial charge on any atom is 0.0664 e. The number of aliphatic hydroxyl groups is 2. The molecule has 0 aromatic rings. The summed E-state index contributed by atoms with van der Waals surface area (Å²) in [4.78, 5) is 0. The summed E-state index contributed by atoms with van der Waals surface area (Å²) in [5.74, 6) is 0. The molecule has 0 aromatic carbocycles. The fraction of sp³-hybridized carbons (Fsp3) is 1.00. The first kappa shape index (κ1) is 12.9. The minimum Gasteiger partial charge on any atom is -0.396 e. The van der Waals surface area contributed by atoms with Crippen molar-refractivity contribution in [2.45, 2.75) is 45.1 Å². The Morgan fingerprint density at radius 2 is 2.00 bits per heavy atom. The molecule has 0 saturated heterocycles. The van der Waals surface area contributed by atoms with Gasteiger partial charge in [-0.1, -0.05) is 13.3 Å². The van der Waals surface area contributed by atoms with Gasteiger partial charge in [-0.25, -0.2) is 0 Å². The van der Waals surface area contributed by atoms with Gasteiger partial charge in [-0.3, -0.25) is 0 Å². The van der Waals surface area contributed by atoms with Gasteiger partial charge in [0.25, 0.3) is 0 Å². The number of hydrogen-bond donors (Lipinski definition) is 3. The van der Waals surface area contributed by atoms with Crippen LogP contribution in [0.3, 0.4) is 0 Å². The molecule has 0 aliphatic rings. The van der Waals surface area contributed by atoms with Gasteiger partial charge >= 0.3 is 0 Å². The van der Waals surface area contributed by atoms with Gasteiger partial charge in [0, 0.05) is 13.2 Å². The molecule has 0 spiro atoms. The van der Waals surface area contributed by atoms with E-state index in [9.17, 15) is 5.11 Å². The molecule has 13 heavy (non-hydrogen) atoms. The van der Waals surface area contributed by atoms with E-state index in [-0.39, 0.29) is 6.10 Å². The lowest BCUT2D eigenvalue weighted by Crippen LogP contribution is -2.27. The third-order valence-corrected chi connectivity index (χ3v) is 2.01. The molecule has 0 aromatic heterocycles. The number of nitrogens with one attached hydrogen (secondary N) is 1. The normalized spacial score (nSPS) is 13.2. The van der Waals surface area contributed by atoms with Crippen LogP contribution in [0.25, 0.3) is 0 Å². The molecule has 0 radical (unpaired) electrons. The van der Waals surface area contributed by atoms with Gasteiger partial charge in [-0.2, -0.15) is 0 Å². The van der Waals surface area contributed by atoms with Crippen molar-refractivity contribution >= 4 is 0 Å². The molecule has 3 heteroatoms. The molecule has 0 heterocycles. The Morgan fingerprint density at radius 3 is 2.62 bits per heavy atom. The highest BCUT2D eigenvalue weighted by molar-refractivity contribution is 4.58. The Hall–Kier alpha value is -0.120. The van der Waals surface area contributed by atoms with E-state index >= 15 is 0 Å². The van der Waals surface area contributed by atoms with E-state index in [1.54, 1.807) is 0 Å². The van der Waals surface area contributed by atoms with E-state index in [2.05, 4.69) is 12.2 Å². The van der Waals surface area contributed by atoms with Crippen LogP contribution in [0.4, 0.5) is 0 Å². The van der Waals surface area contributed by atoms with Gasteiger partial charge in [0.05, 0.1) is 6.10 Å². The zero-order chi connectivity index (χ0) is 9.94. The molecule has 0 amide bonds. The first-order valence-corrected chi connectivity index (χ1v) is 5.31. The third kappa shape index (κ3) is 9.80. The van der Waals surface area contributed by atoms with Gasteiger partial charge in [0.2, 0.25) is 0 Å². The van der Waals surface area contributed by atoms with Crippen LogP contribution < -0.4 is 5.32 Å². The molecule has 0 fully saturated rings. The Bertz CT molecular complexity index is 98.9. The highest BCUT2D eigenvalue weighted by Gasteiger charge is 2.00. The second-order valence-corrected chi connectivity index (χ2v) is 3.43. The summed E-state index contributed by atoms with van der Waals surface area (Å²) in [5.41, 5.74) is 0. The van der Waals surface area contributed by atoms with Crippen molar-refractivity contribution in [1.29, 1.82) is 0 Å². The number of hydrogen-bond acceptors (Lipinski definition) is 3. The van der Waals surface area contributed by atoms with Crippen LogP contribution in [0.2, 0.25) is 0 Å². The van der Waals surface area contributed by atoms with Crippen molar-refractivity contribution in [2.24, 2.45) is 0 Å². The van der Waals surface area contributed by atoms with E-state index in [4.69, 9.17) is 5.11 Å². The summed E-state index contributed by atoms with van der Waals surface area (Å²) in [6.45, 7) is 4.01. The average Bonchev–Trinajstić information content (AvgIpc) is 2.11. The summed E-state index contributed by atoms with van der Waals surface area (Å²) in [7, 11) is 0. The highest BCUT2D eigenvalue weighted by Crippen LogP contribution is 1.95. The molecule has 3 N–H and O–H groups in total. The molecule has 3 nitrogen and oxygen atoms in total. The minimum absolute atomic E-state index is 0.192. The smallest absolute Gasteiger partial charge is 0.0664 e. The summed E-state index contributed by atoms with van der Waals surface area (Å²) < 4.78 is 0. The predicted molar refractivity (Wildman–Crippen MR) is 54.7 cm³/mol.